The topological polar surface area (TPSA) is 29.3 Å². The molecule has 1 rings (SSSR count). The van der Waals surface area contributed by atoms with Gasteiger partial charge in [0.15, 0.2) is 0 Å². The Morgan fingerprint density at radius 1 is 1.28 bits per heavy atom. The molecule has 0 aliphatic rings. The van der Waals surface area contributed by atoms with Crippen LogP contribution < -0.4 is 5.73 Å². The Morgan fingerprint density at radius 2 is 1.94 bits per heavy atom. The molecular formula is C13H19F3N2. The molecule has 102 valence electrons. The Morgan fingerprint density at radius 3 is 2.44 bits per heavy atom. The van der Waals surface area contributed by atoms with Gasteiger partial charge < -0.3 is 5.73 Å². The number of hydrogen-bond donors (Lipinski definition) is 1. The number of anilines is 1. The summed E-state index contributed by atoms with van der Waals surface area (Å²) in [6.45, 7) is 3.56. The molecule has 2 nitrogen and oxygen atoms in total. The molecule has 0 saturated heterocycles. The second-order valence-corrected chi connectivity index (χ2v) is 4.52. The van der Waals surface area contributed by atoms with E-state index in [4.69, 9.17) is 5.73 Å². The highest BCUT2D eigenvalue weighted by Crippen LogP contribution is 2.20. The van der Waals surface area contributed by atoms with Gasteiger partial charge in [-0.3, -0.25) is 4.90 Å². The van der Waals surface area contributed by atoms with Crippen LogP contribution in [0.5, 0.6) is 0 Å². The summed E-state index contributed by atoms with van der Waals surface area (Å²) in [5.74, 6) is 0. The third-order valence-corrected chi connectivity index (χ3v) is 2.69. The van der Waals surface area contributed by atoms with Crippen molar-refractivity contribution in [3.8, 4) is 0 Å². The van der Waals surface area contributed by atoms with Crippen molar-refractivity contribution in [2.45, 2.75) is 33.0 Å². The van der Waals surface area contributed by atoms with Gasteiger partial charge in [0.2, 0.25) is 0 Å². The van der Waals surface area contributed by atoms with Crippen molar-refractivity contribution in [2.24, 2.45) is 0 Å². The molecule has 0 amide bonds. The number of nitrogens with two attached hydrogens (primary N) is 1. The Balaban J connectivity index is 2.73. The van der Waals surface area contributed by atoms with Crippen molar-refractivity contribution in [1.82, 2.24) is 4.90 Å². The Hall–Kier alpha value is -1.23. The second kappa shape index (κ2) is 6.09. The zero-order chi connectivity index (χ0) is 13.8. The van der Waals surface area contributed by atoms with Crippen molar-refractivity contribution < 1.29 is 13.2 Å². The minimum atomic E-state index is -4.16. The maximum Gasteiger partial charge on any atom is 0.401 e. The largest absolute Gasteiger partial charge is 0.401 e. The van der Waals surface area contributed by atoms with Crippen LogP contribution in [-0.2, 0) is 6.54 Å². The van der Waals surface area contributed by atoms with Gasteiger partial charge in [-0.1, -0.05) is 19.1 Å². The van der Waals surface area contributed by atoms with Crippen molar-refractivity contribution in [3.63, 3.8) is 0 Å². The minimum Gasteiger partial charge on any atom is -0.399 e. The fraction of sp³-hybridized carbons (Fsp3) is 0.538. The van der Waals surface area contributed by atoms with Gasteiger partial charge in [0.25, 0.3) is 0 Å². The average molecular weight is 260 g/mol. The van der Waals surface area contributed by atoms with Crippen LogP contribution in [0.25, 0.3) is 0 Å². The highest BCUT2D eigenvalue weighted by molar-refractivity contribution is 5.48. The molecule has 0 fully saturated rings. The molecule has 0 bridgehead atoms. The summed E-state index contributed by atoms with van der Waals surface area (Å²) in [7, 11) is 0. The number of nitrogen functional groups attached to an aromatic ring is 1. The third-order valence-electron chi connectivity index (χ3n) is 2.69. The first-order valence-electron chi connectivity index (χ1n) is 5.96. The van der Waals surface area contributed by atoms with Gasteiger partial charge >= 0.3 is 6.18 Å². The third kappa shape index (κ3) is 4.96. The van der Waals surface area contributed by atoms with Crippen LogP contribution in [0.15, 0.2) is 18.2 Å². The number of alkyl halides is 3. The number of aryl methyl sites for hydroxylation is 1. The molecule has 0 spiro atoms. The standard InChI is InChI=1S/C13H19F3N2/c1-3-6-18(9-13(14,15)16)8-11-5-4-10(2)12(17)7-11/h4-5,7H,3,6,8-9,17H2,1-2H3. The van der Waals surface area contributed by atoms with E-state index < -0.39 is 12.7 Å². The molecule has 1 aromatic carbocycles. The smallest absolute Gasteiger partial charge is 0.399 e. The van der Waals surface area contributed by atoms with Crippen molar-refractivity contribution >= 4 is 5.69 Å². The molecule has 18 heavy (non-hydrogen) atoms. The van der Waals surface area contributed by atoms with Crippen molar-refractivity contribution in [3.05, 3.63) is 29.3 Å². The average Bonchev–Trinajstić information content (AvgIpc) is 2.21. The molecule has 0 atom stereocenters. The monoisotopic (exact) mass is 260 g/mol. The van der Waals surface area contributed by atoms with Gasteiger partial charge in [-0.15, -0.1) is 0 Å². The van der Waals surface area contributed by atoms with Crippen LogP contribution in [0.3, 0.4) is 0 Å². The van der Waals surface area contributed by atoms with E-state index in [1.807, 2.05) is 26.0 Å². The predicted molar refractivity (Wildman–Crippen MR) is 67.2 cm³/mol. The van der Waals surface area contributed by atoms with Crippen LogP contribution in [0, 0.1) is 6.92 Å². The Kier molecular flexibility index (Phi) is 5.02. The number of halogens is 3. The summed E-state index contributed by atoms with van der Waals surface area (Å²) in [5.41, 5.74) is 8.13. The predicted octanol–water partition coefficient (Wildman–Crippen LogP) is 3.35. The summed E-state index contributed by atoms with van der Waals surface area (Å²) in [5, 5.41) is 0. The molecule has 2 N–H and O–H groups in total. The first kappa shape index (κ1) is 14.8. The molecule has 0 aromatic heterocycles. The van der Waals surface area contributed by atoms with Gasteiger partial charge in [-0.25, -0.2) is 0 Å². The molecule has 0 aliphatic heterocycles. The fourth-order valence-electron chi connectivity index (χ4n) is 1.83. The lowest BCUT2D eigenvalue weighted by Crippen LogP contribution is -2.34. The van der Waals surface area contributed by atoms with Crippen LogP contribution in [0.4, 0.5) is 18.9 Å². The molecule has 0 radical (unpaired) electrons. The van der Waals surface area contributed by atoms with Gasteiger partial charge in [0, 0.05) is 12.2 Å². The van der Waals surface area contributed by atoms with Crippen LogP contribution in [-0.4, -0.2) is 24.2 Å². The van der Waals surface area contributed by atoms with Gasteiger partial charge in [0.1, 0.15) is 0 Å². The quantitative estimate of drug-likeness (QED) is 0.823. The Bertz CT molecular complexity index is 388. The van der Waals surface area contributed by atoms with E-state index in [1.54, 1.807) is 6.07 Å². The molecule has 0 unspecified atom stereocenters. The van der Waals surface area contributed by atoms with E-state index in [9.17, 15) is 13.2 Å². The summed E-state index contributed by atoms with van der Waals surface area (Å²) < 4.78 is 37.2. The van der Waals surface area contributed by atoms with Gasteiger partial charge in [-0.2, -0.15) is 13.2 Å². The zero-order valence-electron chi connectivity index (χ0n) is 10.7. The summed E-state index contributed by atoms with van der Waals surface area (Å²) in [6.07, 6.45) is -3.47. The number of hydrogen-bond acceptors (Lipinski definition) is 2. The van der Waals surface area contributed by atoms with Crippen LogP contribution in [0.1, 0.15) is 24.5 Å². The van der Waals surface area contributed by atoms with Crippen LogP contribution in [0.2, 0.25) is 0 Å². The molecule has 0 aliphatic carbocycles. The Labute approximate surface area is 106 Å². The molecular weight excluding hydrogens is 241 g/mol. The second-order valence-electron chi connectivity index (χ2n) is 4.52. The number of nitrogens with zero attached hydrogens (tertiary/aromatic N) is 1. The van der Waals surface area contributed by atoms with E-state index in [0.717, 1.165) is 11.1 Å². The SMILES string of the molecule is CCCN(Cc1ccc(C)c(N)c1)CC(F)(F)F. The lowest BCUT2D eigenvalue weighted by atomic mass is 10.1. The maximum absolute atomic E-state index is 12.4. The maximum atomic E-state index is 12.4. The number of benzene rings is 1. The lowest BCUT2D eigenvalue weighted by Gasteiger charge is -2.23. The minimum absolute atomic E-state index is 0.276. The van der Waals surface area contributed by atoms with E-state index >= 15 is 0 Å². The molecule has 0 saturated carbocycles. The first-order valence-corrected chi connectivity index (χ1v) is 5.96. The summed E-state index contributed by atoms with van der Waals surface area (Å²) in [4.78, 5) is 1.39. The highest BCUT2D eigenvalue weighted by atomic mass is 19.4. The van der Waals surface area contributed by atoms with Crippen molar-refractivity contribution in [2.75, 3.05) is 18.8 Å². The van der Waals surface area contributed by atoms with Gasteiger partial charge in [-0.05, 0) is 37.1 Å². The normalized spacial score (nSPS) is 12.1. The summed E-state index contributed by atoms with van der Waals surface area (Å²) >= 11 is 0. The molecule has 5 heteroatoms. The fourth-order valence-corrected chi connectivity index (χ4v) is 1.83. The van der Waals surface area contributed by atoms with E-state index in [0.29, 0.717) is 18.7 Å². The first-order chi connectivity index (χ1) is 8.31. The lowest BCUT2D eigenvalue weighted by molar-refractivity contribution is -0.147. The van der Waals surface area contributed by atoms with Crippen molar-refractivity contribution in [1.29, 1.82) is 0 Å². The number of rotatable bonds is 5. The van der Waals surface area contributed by atoms with E-state index in [-0.39, 0.29) is 6.54 Å². The molecule has 1 aromatic rings. The van der Waals surface area contributed by atoms with Crippen LogP contribution >= 0.6 is 0 Å². The zero-order valence-corrected chi connectivity index (χ0v) is 10.7. The summed E-state index contributed by atoms with van der Waals surface area (Å²) in [6, 6.07) is 5.40. The highest BCUT2D eigenvalue weighted by Gasteiger charge is 2.30. The van der Waals surface area contributed by atoms with E-state index in [2.05, 4.69) is 0 Å². The van der Waals surface area contributed by atoms with E-state index in [1.165, 1.54) is 4.90 Å². The van der Waals surface area contributed by atoms with Gasteiger partial charge in [0.05, 0.1) is 6.54 Å². The molecule has 0 heterocycles.